The third-order valence-electron chi connectivity index (χ3n) is 3.43. The summed E-state index contributed by atoms with van der Waals surface area (Å²) in [6.45, 7) is 4.15. The zero-order valence-electron chi connectivity index (χ0n) is 14.2. The summed E-state index contributed by atoms with van der Waals surface area (Å²) in [5.74, 6) is 0.543. The first-order valence-corrected chi connectivity index (χ1v) is 9.68. The fourth-order valence-electron chi connectivity index (χ4n) is 2.17. The van der Waals surface area contributed by atoms with Crippen LogP contribution in [0.4, 0.5) is 5.13 Å². The highest BCUT2D eigenvalue weighted by atomic mass is 32.2. The summed E-state index contributed by atoms with van der Waals surface area (Å²) in [5, 5.41) is 10.7. The molecule has 26 heavy (non-hydrogen) atoms. The second-order valence-electron chi connectivity index (χ2n) is 5.16. The van der Waals surface area contributed by atoms with Crippen LogP contribution in [-0.2, 0) is 9.53 Å². The summed E-state index contributed by atoms with van der Waals surface area (Å²) in [4.78, 5) is 24.2. The highest BCUT2D eigenvalue weighted by Crippen LogP contribution is 2.33. The zero-order valence-corrected chi connectivity index (χ0v) is 15.8. The number of fused-ring (bicyclic) bond motifs is 1. The van der Waals surface area contributed by atoms with Crippen molar-refractivity contribution in [3.8, 4) is 11.5 Å². The third kappa shape index (κ3) is 4.25. The molecule has 1 aromatic carbocycles. The fraction of sp³-hybridized carbons (Fsp3) is 0.375. The van der Waals surface area contributed by atoms with Gasteiger partial charge in [0.05, 0.1) is 6.61 Å². The molecule has 138 valence electrons. The number of esters is 1. The number of nitrogens with zero attached hydrogens (tertiary/aromatic N) is 2. The van der Waals surface area contributed by atoms with Crippen LogP contribution in [0.25, 0.3) is 0 Å². The van der Waals surface area contributed by atoms with Gasteiger partial charge in [-0.1, -0.05) is 30.0 Å². The van der Waals surface area contributed by atoms with Crippen molar-refractivity contribution in [2.75, 3.05) is 18.7 Å². The second-order valence-corrected chi connectivity index (χ2v) is 7.59. The van der Waals surface area contributed by atoms with Crippen LogP contribution in [0, 0.1) is 0 Å². The normalized spacial score (nSPS) is 13.3. The molecule has 1 aromatic heterocycles. The number of hydrogen-bond acceptors (Lipinski definition) is 9. The molecule has 0 fully saturated rings. The highest BCUT2D eigenvalue weighted by molar-refractivity contribution is 8.02. The molecule has 1 amide bonds. The Bertz CT molecular complexity index is 811. The minimum Gasteiger partial charge on any atom is -0.465 e. The molecule has 10 heteroatoms. The van der Waals surface area contributed by atoms with Gasteiger partial charge in [-0.2, -0.15) is 0 Å². The average molecular weight is 395 g/mol. The van der Waals surface area contributed by atoms with Gasteiger partial charge in [-0.15, -0.1) is 10.2 Å². The van der Waals surface area contributed by atoms with Crippen molar-refractivity contribution in [1.82, 2.24) is 10.2 Å². The third-order valence-corrected chi connectivity index (χ3v) is 5.69. The first-order chi connectivity index (χ1) is 12.6. The summed E-state index contributed by atoms with van der Waals surface area (Å²) >= 11 is 2.48. The van der Waals surface area contributed by atoms with Gasteiger partial charge < -0.3 is 14.2 Å². The van der Waals surface area contributed by atoms with Crippen molar-refractivity contribution < 1.29 is 23.8 Å². The number of anilines is 1. The Hall–Kier alpha value is -2.33. The Morgan fingerprint density at radius 1 is 1.31 bits per heavy atom. The molecule has 0 spiro atoms. The molecule has 2 heterocycles. The first kappa shape index (κ1) is 18.5. The zero-order chi connectivity index (χ0) is 18.5. The van der Waals surface area contributed by atoms with Crippen LogP contribution in [0.15, 0.2) is 22.5 Å². The van der Waals surface area contributed by atoms with Gasteiger partial charge >= 0.3 is 5.97 Å². The molecule has 0 saturated carbocycles. The van der Waals surface area contributed by atoms with E-state index in [0.29, 0.717) is 39.6 Å². The quantitative estimate of drug-likeness (QED) is 0.434. The minimum absolute atomic E-state index is 0.149. The van der Waals surface area contributed by atoms with Crippen molar-refractivity contribution in [2.45, 2.75) is 29.9 Å². The Labute approximate surface area is 158 Å². The number of carbonyl (C=O) groups is 2. The Balaban J connectivity index is 1.62. The van der Waals surface area contributed by atoms with Crippen LogP contribution in [0.1, 0.15) is 30.6 Å². The van der Waals surface area contributed by atoms with E-state index in [4.69, 9.17) is 14.2 Å². The molecule has 1 aliphatic rings. The predicted molar refractivity (Wildman–Crippen MR) is 97.0 cm³/mol. The lowest BCUT2D eigenvalue weighted by atomic mass is 10.2. The smallest absolute Gasteiger partial charge is 0.319 e. The van der Waals surface area contributed by atoms with E-state index in [2.05, 4.69) is 15.5 Å². The number of ether oxygens (including phenoxy) is 3. The molecule has 0 bridgehead atoms. The molecule has 3 rings (SSSR count). The van der Waals surface area contributed by atoms with E-state index in [1.165, 1.54) is 23.1 Å². The molecule has 2 aromatic rings. The maximum absolute atomic E-state index is 12.3. The van der Waals surface area contributed by atoms with E-state index >= 15 is 0 Å². The second kappa shape index (κ2) is 8.37. The van der Waals surface area contributed by atoms with Crippen LogP contribution in [0.5, 0.6) is 11.5 Å². The van der Waals surface area contributed by atoms with Crippen molar-refractivity contribution in [2.24, 2.45) is 0 Å². The van der Waals surface area contributed by atoms with E-state index in [0.717, 1.165) is 0 Å². The largest absolute Gasteiger partial charge is 0.465 e. The summed E-state index contributed by atoms with van der Waals surface area (Å²) in [5.41, 5.74) is 0.427. The lowest BCUT2D eigenvalue weighted by Gasteiger charge is -2.10. The van der Waals surface area contributed by atoms with Crippen LogP contribution >= 0.6 is 23.1 Å². The molecule has 8 nitrogen and oxygen atoms in total. The Morgan fingerprint density at radius 3 is 2.88 bits per heavy atom. The van der Waals surface area contributed by atoms with Gasteiger partial charge in [0, 0.05) is 5.56 Å². The lowest BCUT2D eigenvalue weighted by molar-refractivity contribution is -0.142. The monoisotopic (exact) mass is 395 g/mol. The maximum Gasteiger partial charge on any atom is 0.319 e. The van der Waals surface area contributed by atoms with Crippen molar-refractivity contribution in [3.05, 3.63) is 23.8 Å². The number of nitrogens with one attached hydrogen (secondary N) is 1. The summed E-state index contributed by atoms with van der Waals surface area (Å²) in [6, 6.07) is 4.94. The number of rotatable bonds is 7. The first-order valence-electron chi connectivity index (χ1n) is 7.98. The number of benzene rings is 1. The topological polar surface area (TPSA) is 99.6 Å². The molecule has 0 aliphatic carbocycles. The molecule has 1 atom stereocenters. The SMILES string of the molecule is CCOC(=O)[C@@H](CC)Sc1nnc(NC(=O)c2ccc3c(c2)OCO3)s1. The number of aromatic nitrogens is 2. The molecule has 0 unspecified atom stereocenters. The van der Waals surface area contributed by atoms with Crippen molar-refractivity contribution >= 4 is 40.1 Å². The van der Waals surface area contributed by atoms with Gasteiger partial charge in [-0.25, -0.2) is 0 Å². The summed E-state index contributed by atoms with van der Waals surface area (Å²) in [6.07, 6.45) is 0.613. The molecule has 1 aliphatic heterocycles. The van der Waals surface area contributed by atoms with Crippen molar-refractivity contribution in [1.29, 1.82) is 0 Å². The maximum atomic E-state index is 12.3. The van der Waals surface area contributed by atoms with E-state index in [9.17, 15) is 9.59 Å². The number of hydrogen-bond donors (Lipinski definition) is 1. The van der Waals surface area contributed by atoms with Crippen LogP contribution in [0.2, 0.25) is 0 Å². The average Bonchev–Trinajstić information content (AvgIpc) is 3.28. The Kier molecular flexibility index (Phi) is 5.94. The van der Waals surface area contributed by atoms with E-state index in [-0.39, 0.29) is 23.9 Å². The van der Waals surface area contributed by atoms with Crippen LogP contribution in [0.3, 0.4) is 0 Å². The van der Waals surface area contributed by atoms with Gasteiger partial charge in [0.15, 0.2) is 15.8 Å². The van der Waals surface area contributed by atoms with Crippen LogP contribution in [-0.4, -0.2) is 40.7 Å². The molecule has 0 radical (unpaired) electrons. The van der Waals surface area contributed by atoms with Gasteiger partial charge in [-0.3, -0.25) is 14.9 Å². The van der Waals surface area contributed by atoms with E-state index < -0.39 is 0 Å². The number of carbonyl (C=O) groups excluding carboxylic acids is 2. The van der Waals surface area contributed by atoms with E-state index in [1.54, 1.807) is 25.1 Å². The standard InChI is InChI=1S/C16H17N3O5S2/c1-3-12(14(21)22-4-2)25-16-19-18-15(26-16)17-13(20)9-5-6-10-11(7-9)24-8-23-10/h5-7,12H,3-4,8H2,1-2H3,(H,17,18,20)/t12-/m1/s1. The van der Waals surface area contributed by atoms with Crippen LogP contribution < -0.4 is 14.8 Å². The van der Waals surface area contributed by atoms with Gasteiger partial charge in [0.1, 0.15) is 5.25 Å². The van der Waals surface area contributed by atoms with Gasteiger partial charge in [0.25, 0.3) is 5.91 Å². The summed E-state index contributed by atoms with van der Waals surface area (Å²) < 4.78 is 16.1. The number of amides is 1. The van der Waals surface area contributed by atoms with Crippen molar-refractivity contribution in [3.63, 3.8) is 0 Å². The van der Waals surface area contributed by atoms with Gasteiger partial charge in [0.2, 0.25) is 11.9 Å². The highest BCUT2D eigenvalue weighted by Gasteiger charge is 2.22. The molecule has 0 saturated heterocycles. The van der Waals surface area contributed by atoms with E-state index in [1.807, 2.05) is 6.92 Å². The fourth-order valence-corrected chi connectivity index (χ4v) is 4.08. The number of thioether (sulfide) groups is 1. The lowest BCUT2D eigenvalue weighted by Crippen LogP contribution is -2.19. The molecular formula is C16H17N3O5S2. The molecular weight excluding hydrogens is 378 g/mol. The Morgan fingerprint density at radius 2 is 2.12 bits per heavy atom. The molecule has 1 N–H and O–H groups in total. The summed E-state index contributed by atoms with van der Waals surface area (Å²) in [7, 11) is 0. The predicted octanol–water partition coefficient (Wildman–Crippen LogP) is 2.95. The minimum atomic E-state index is -0.347. The van der Waals surface area contributed by atoms with Gasteiger partial charge in [-0.05, 0) is 31.5 Å².